The van der Waals surface area contributed by atoms with Crippen molar-refractivity contribution in [2.45, 2.75) is 45.2 Å². The zero-order valence-electron chi connectivity index (χ0n) is 16.6. The fourth-order valence-corrected chi connectivity index (χ4v) is 4.14. The van der Waals surface area contributed by atoms with E-state index in [1.165, 1.54) is 29.2 Å². The molecule has 4 rings (SSSR count). The highest BCUT2D eigenvalue weighted by Crippen LogP contribution is 2.22. The van der Waals surface area contributed by atoms with E-state index in [0.29, 0.717) is 5.69 Å². The molecule has 0 spiro atoms. The zero-order chi connectivity index (χ0) is 20.5. The fourth-order valence-electron chi connectivity index (χ4n) is 4.14. The first-order valence-corrected chi connectivity index (χ1v) is 9.95. The second-order valence-corrected chi connectivity index (χ2v) is 7.82. The van der Waals surface area contributed by atoms with Crippen molar-refractivity contribution in [1.29, 1.82) is 0 Å². The number of aromatic nitrogens is 2. The topological polar surface area (TPSA) is 83.0 Å². The smallest absolute Gasteiger partial charge is 0.292 e. The lowest BCUT2D eigenvalue weighted by Gasteiger charge is -2.31. The van der Waals surface area contributed by atoms with Crippen LogP contribution in [0.15, 0.2) is 30.3 Å². The van der Waals surface area contributed by atoms with Crippen LogP contribution in [0.3, 0.4) is 0 Å². The van der Waals surface area contributed by atoms with E-state index in [-0.39, 0.29) is 24.3 Å². The highest BCUT2D eigenvalue weighted by atomic mass is 19.1. The number of carbonyl (C=O) groups excluding carboxylic acids is 2. The maximum atomic E-state index is 13.1. The third-order valence-electron chi connectivity index (χ3n) is 5.56. The molecule has 1 aromatic heterocycles. The van der Waals surface area contributed by atoms with Crippen LogP contribution in [0.4, 0.5) is 16.0 Å². The van der Waals surface area contributed by atoms with Gasteiger partial charge < -0.3 is 10.2 Å². The summed E-state index contributed by atoms with van der Waals surface area (Å²) < 4.78 is 13.1. The highest BCUT2D eigenvalue weighted by molar-refractivity contribution is 6.21. The van der Waals surface area contributed by atoms with Gasteiger partial charge in [0.2, 0.25) is 11.9 Å². The van der Waals surface area contributed by atoms with Crippen LogP contribution in [0, 0.1) is 19.7 Å². The normalized spacial score (nSPS) is 20.6. The predicted octanol–water partition coefficient (Wildman–Crippen LogP) is 1.10. The molecule has 2 aliphatic heterocycles. The largest absolute Gasteiger partial charge is 0.340 e. The number of hydrogen-bond acceptors (Lipinski definition) is 5. The molecule has 2 aliphatic rings. The molecule has 2 saturated heterocycles. The van der Waals surface area contributed by atoms with E-state index in [9.17, 15) is 14.0 Å². The van der Waals surface area contributed by atoms with Gasteiger partial charge in [0.05, 0.1) is 18.2 Å². The molecule has 3 heterocycles. The van der Waals surface area contributed by atoms with Gasteiger partial charge >= 0.3 is 0 Å². The van der Waals surface area contributed by atoms with Crippen LogP contribution >= 0.6 is 0 Å². The maximum Gasteiger partial charge on any atom is 0.292 e. The third kappa shape index (κ3) is 4.12. The summed E-state index contributed by atoms with van der Waals surface area (Å²) in [7, 11) is 0. The van der Waals surface area contributed by atoms with Crippen LogP contribution in [0.1, 0.15) is 30.7 Å². The summed E-state index contributed by atoms with van der Waals surface area (Å²) in [5.41, 5.74) is 2.34. The minimum atomic E-state index is -0.415. The summed E-state index contributed by atoms with van der Waals surface area (Å²) in [6.45, 7) is 5.57. The summed E-state index contributed by atoms with van der Waals surface area (Å²) in [6.07, 6.45) is 1.96. The Hall–Kier alpha value is -2.87. The van der Waals surface area contributed by atoms with Gasteiger partial charge in [-0.05, 0) is 44.2 Å². The minimum Gasteiger partial charge on any atom is -0.340 e. The Bertz CT molecular complexity index is 905. The fraction of sp³-hybridized carbons (Fsp3) is 0.429. The van der Waals surface area contributed by atoms with Crippen molar-refractivity contribution in [2.24, 2.45) is 0 Å². The van der Waals surface area contributed by atoms with Crippen molar-refractivity contribution in [3.05, 3.63) is 47.5 Å². The molecule has 0 saturated carbocycles. The van der Waals surface area contributed by atoms with E-state index in [4.69, 9.17) is 0 Å². The number of benzene rings is 1. The van der Waals surface area contributed by atoms with E-state index in [0.717, 1.165) is 43.3 Å². The van der Waals surface area contributed by atoms with Gasteiger partial charge in [0.1, 0.15) is 5.82 Å². The Kier molecular flexibility index (Phi) is 5.27. The van der Waals surface area contributed by atoms with Gasteiger partial charge in [0.15, 0.2) is 6.04 Å². The van der Waals surface area contributed by atoms with Gasteiger partial charge in [0, 0.05) is 37.3 Å². The first kappa shape index (κ1) is 19.4. The third-order valence-corrected chi connectivity index (χ3v) is 5.56. The number of piperidine rings is 1. The van der Waals surface area contributed by atoms with E-state index >= 15 is 0 Å². The molecule has 2 N–H and O–H groups in total. The minimum absolute atomic E-state index is 0.177. The van der Waals surface area contributed by atoms with E-state index in [2.05, 4.69) is 14.9 Å². The zero-order valence-corrected chi connectivity index (χ0v) is 16.6. The van der Waals surface area contributed by atoms with Gasteiger partial charge in [-0.2, -0.15) is 0 Å². The average Bonchev–Trinajstić information content (AvgIpc) is 2.96. The SMILES string of the molecule is Cc1cc(C)nc(N2CCC([NH2+][C@H]3CC(=O)N(c4ccc(F)cc4)C3=O)CC2)n1. The first-order valence-electron chi connectivity index (χ1n) is 9.95. The van der Waals surface area contributed by atoms with Crippen LogP contribution in [0.5, 0.6) is 0 Å². The predicted molar refractivity (Wildman–Crippen MR) is 106 cm³/mol. The molecule has 8 heteroatoms. The van der Waals surface area contributed by atoms with E-state index in [1.807, 2.05) is 25.2 Å². The quantitative estimate of drug-likeness (QED) is 0.780. The summed E-state index contributed by atoms with van der Waals surface area (Å²) in [5.74, 6) is -0.0864. The number of nitrogens with two attached hydrogens (primary N) is 1. The van der Waals surface area contributed by atoms with Crippen molar-refractivity contribution in [1.82, 2.24) is 9.97 Å². The molecule has 1 atom stereocenters. The van der Waals surface area contributed by atoms with Crippen molar-refractivity contribution in [3.63, 3.8) is 0 Å². The van der Waals surface area contributed by atoms with Crippen LogP contribution in [0.25, 0.3) is 0 Å². The second-order valence-electron chi connectivity index (χ2n) is 7.82. The number of carbonyl (C=O) groups is 2. The lowest BCUT2D eigenvalue weighted by molar-refractivity contribution is -0.709. The molecule has 2 aromatic rings. The number of amides is 2. The molecule has 0 unspecified atom stereocenters. The lowest BCUT2D eigenvalue weighted by Crippen LogP contribution is -2.97. The molecule has 152 valence electrons. The monoisotopic (exact) mass is 398 g/mol. The molecule has 2 fully saturated rings. The molecule has 29 heavy (non-hydrogen) atoms. The molecule has 0 radical (unpaired) electrons. The van der Waals surface area contributed by atoms with Gasteiger partial charge in [0.25, 0.3) is 5.91 Å². The Labute approximate surface area is 168 Å². The summed E-state index contributed by atoms with van der Waals surface area (Å²) in [5, 5.41) is 2.03. The highest BCUT2D eigenvalue weighted by Gasteiger charge is 2.43. The molecule has 1 aromatic carbocycles. The lowest BCUT2D eigenvalue weighted by atomic mass is 10.0. The van der Waals surface area contributed by atoms with Crippen molar-refractivity contribution >= 4 is 23.5 Å². The molecule has 2 amide bonds. The number of rotatable bonds is 4. The van der Waals surface area contributed by atoms with Gasteiger partial charge in [-0.15, -0.1) is 0 Å². The Morgan fingerprint density at radius 1 is 1.03 bits per heavy atom. The van der Waals surface area contributed by atoms with Crippen LogP contribution in [-0.4, -0.2) is 47.0 Å². The Balaban J connectivity index is 1.36. The Morgan fingerprint density at radius 3 is 2.28 bits per heavy atom. The number of halogens is 1. The summed E-state index contributed by atoms with van der Waals surface area (Å²) in [6, 6.07) is 7.27. The molecular weight excluding hydrogens is 373 g/mol. The number of hydrogen-bond donors (Lipinski definition) is 1. The van der Waals surface area contributed by atoms with Crippen LogP contribution in [0.2, 0.25) is 0 Å². The van der Waals surface area contributed by atoms with Crippen molar-refractivity contribution in [3.8, 4) is 0 Å². The van der Waals surface area contributed by atoms with Crippen molar-refractivity contribution in [2.75, 3.05) is 22.9 Å². The number of nitrogens with zero attached hydrogens (tertiary/aromatic N) is 4. The summed E-state index contributed by atoms with van der Waals surface area (Å²) in [4.78, 5) is 37.6. The van der Waals surface area contributed by atoms with Gasteiger partial charge in [-0.3, -0.25) is 9.59 Å². The molecule has 0 bridgehead atoms. The molecular formula is C21H25FN5O2+. The number of quaternary nitrogens is 1. The van der Waals surface area contributed by atoms with E-state index < -0.39 is 11.9 Å². The Morgan fingerprint density at radius 2 is 1.66 bits per heavy atom. The standard InChI is InChI=1S/C21H24FN5O2/c1-13-11-14(2)24-21(23-13)26-9-7-16(8-10-26)25-18-12-19(28)27(20(18)29)17-5-3-15(22)4-6-17/h3-6,11,16,18,25H,7-10,12H2,1-2H3/p+1/t18-/m0/s1. The van der Waals surface area contributed by atoms with E-state index in [1.54, 1.807) is 0 Å². The molecule has 7 nitrogen and oxygen atoms in total. The maximum absolute atomic E-state index is 13.1. The summed E-state index contributed by atoms with van der Waals surface area (Å²) >= 11 is 0. The number of imide groups is 1. The van der Waals surface area contributed by atoms with Gasteiger partial charge in [-0.1, -0.05) is 0 Å². The molecule has 0 aliphatic carbocycles. The van der Waals surface area contributed by atoms with Crippen LogP contribution in [-0.2, 0) is 9.59 Å². The number of aryl methyl sites for hydroxylation is 2. The number of anilines is 2. The second kappa shape index (κ2) is 7.87. The van der Waals surface area contributed by atoms with Crippen LogP contribution < -0.4 is 15.1 Å². The van der Waals surface area contributed by atoms with Gasteiger partial charge in [-0.25, -0.2) is 19.3 Å². The first-order chi connectivity index (χ1) is 13.9. The van der Waals surface area contributed by atoms with Crippen molar-refractivity contribution < 1.29 is 19.3 Å². The average molecular weight is 398 g/mol.